The highest BCUT2D eigenvalue weighted by Crippen LogP contribution is 2.14. The van der Waals surface area contributed by atoms with E-state index in [1.807, 2.05) is 13.0 Å². The zero-order chi connectivity index (χ0) is 11.5. The first-order valence-electron chi connectivity index (χ1n) is 4.69. The van der Waals surface area contributed by atoms with E-state index >= 15 is 0 Å². The number of amides is 1. The molecule has 0 aliphatic rings. The van der Waals surface area contributed by atoms with Crippen LogP contribution in [0, 0.1) is 6.92 Å². The quantitative estimate of drug-likeness (QED) is 0.697. The predicted molar refractivity (Wildman–Crippen MR) is 59.9 cm³/mol. The van der Waals surface area contributed by atoms with Crippen LogP contribution in [0.15, 0.2) is 24.7 Å². The number of hydrogen-bond donors (Lipinski definition) is 3. The van der Waals surface area contributed by atoms with E-state index in [2.05, 4.69) is 20.5 Å². The number of aromatic amines is 1. The summed E-state index contributed by atoms with van der Waals surface area (Å²) in [6.07, 6.45) is 4.64. The van der Waals surface area contributed by atoms with Gasteiger partial charge in [0.05, 0.1) is 18.1 Å². The summed E-state index contributed by atoms with van der Waals surface area (Å²) in [4.78, 5) is 15.7. The van der Waals surface area contributed by atoms with Crippen molar-refractivity contribution in [3.8, 4) is 0 Å². The van der Waals surface area contributed by atoms with Crippen molar-refractivity contribution < 1.29 is 4.79 Å². The summed E-state index contributed by atoms with van der Waals surface area (Å²) in [6.45, 7) is 1.88. The molecule has 0 saturated carbocycles. The molecular weight excluding hydrogens is 206 g/mol. The molecule has 0 spiro atoms. The van der Waals surface area contributed by atoms with E-state index < -0.39 is 0 Å². The normalized spacial score (nSPS) is 10.1. The molecular formula is C10H11N5O. The zero-order valence-electron chi connectivity index (χ0n) is 8.69. The van der Waals surface area contributed by atoms with Gasteiger partial charge >= 0.3 is 0 Å². The number of pyridine rings is 1. The fourth-order valence-electron chi connectivity index (χ4n) is 1.26. The second-order valence-corrected chi connectivity index (χ2v) is 3.34. The van der Waals surface area contributed by atoms with E-state index in [4.69, 9.17) is 5.73 Å². The SMILES string of the molecule is Cc1ccncc1NC(=O)c1cn[nH]c1N. The molecule has 0 bridgehead atoms. The first-order valence-corrected chi connectivity index (χ1v) is 4.69. The Bertz CT molecular complexity index is 519. The Kier molecular flexibility index (Phi) is 2.55. The number of anilines is 2. The summed E-state index contributed by atoms with van der Waals surface area (Å²) in [5.41, 5.74) is 7.46. The first-order chi connectivity index (χ1) is 7.68. The highest BCUT2D eigenvalue weighted by molar-refractivity contribution is 6.07. The molecule has 0 unspecified atom stereocenters. The van der Waals surface area contributed by atoms with Crippen LogP contribution in [-0.4, -0.2) is 21.1 Å². The molecule has 0 atom stereocenters. The zero-order valence-corrected chi connectivity index (χ0v) is 8.69. The third kappa shape index (κ3) is 1.85. The smallest absolute Gasteiger partial charge is 0.261 e. The van der Waals surface area contributed by atoms with Gasteiger partial charge in [0, 0.05) is 6.20 Å². The van der Waals surface area contributed by atoms with Crippen molar-refractivity contribution in [2.24, 2.45) is 0 Å². The Labute approximate surface area is 91.9 Å². The molecule has 0 radical (unpaired) electrons. The van der Waals surface area contributed by atoms with Crippen molar-refractivity contribution in [2.45, 2.75) is 6.92 Å². The standard InChI is InChI=1S/C10H11N5O/c1-6-2-3-12-5-8(6)14-10(16)7-4-13-15-9(7)11/h2-5H,1H3,(H,14,16)(H3,11,13,15). The topological polar surface area (TPSA) is 96.7 Å². The molecule has 6 nitrogen and oxygen atoms in total. The van der Waals surface area contributed by atoms with Gasteiger partial charge in [-0.25, -0.2) is 0 Å². The van der Waals surface area contributed by atoms with Crippen LogP contribution in [-0.2, 0) is 0 Å². The van der Waals surface area contributed by atoms with Crippen molar-refractivity contribution in [1.82, 2.24) is 15.2 Å². The summed E-state index contributed by atoms with van der Waals surface area (Å²) in [7, 11) is 0. The van der Waals surface area contributed by atoms with Crippen LogP contribution in [0.3, 0.4) is 0 Å². The van der Waals surface area contributed by atoms with Crippen LogP contribution < -0.4 is 11.1 Å². The summed E-state index contributed by atoms with van der Waals surface area (Å²) in [5, 5.41) is 8.89. The first kappa shape index (κ1) is 10.2. The molecule has 0 aliphatic carbocycles. The minimum absolute atomic E-state index is 0.249. The van der Waals surface area contributed by atoms with Crippen molar-refractivity contribution >= 4 is 17.4 Å². The third-order valence-corrected chi connectivity index (χ3v) is 2.20. The van der Waals surface area contributed by atoms with Gasteiger partial charge in [-0.15, -0.1) is 0 Å². The molecule has 0 aromatic carbocycles. The number of nitrogens with zero attached hydrogens (tertiary/aromatic N) is 2. The Morgan fingerprint density at radius 1 is 1.50 bits per heavy atom. The molecule has 2 aromatic heterocycles. The summed E-state index contributed by atoms with van der Waals surface area (Å²) in [6, 6.07) is 1.81. The number of carbonyl (C=O) groups excluding carboxylic acids is 1. The van der Waals surface area contributed by atoms with Gasteiger partial charge in [-0.2, -0.15) is 5.10 Å². The van der Waals surface area contributed by atoms with Crippen LogP contribution in [0.5, 0.6) is 0 Å². The van der Waals surface area contributed by atoms with Crippen LogP contribution in [0.25, 0.3) is 0 Å². The minimum atomic E-state index is -0.303. The van der Waals surface area contributed by atoms with Gasteiger partial charge in [0.15, 0.2) is 0 Å². The summed E-state index contributed by atoms with van der Waals surface area (Å²) in [5.74, 6) is -0.0543. The van der Waals surface area contributed by atoms with Crippen LogP contribution in [0.1, 0.15) is 15.9 Å². The van der Waals surface area contributed by atoms with E-state index in [0.717, 1.165) is 5.56 Å². The molecule has 0 aliphatic heterocycles. The Balaban J connectivity index is 2.21. The number of nitrogen functional groups attached to an aromatic ring is 1. The summed E-state index contributed by atoms with van der Waals surface area (Å²) >= 11 is 0. The highest BCUT2D eigenvalue weighted by Gasteiger charge is 2.12. The molecule has 6 heteroatoms. The molecule has 2 rings (SSSR count). The fourth-order valence-corrected chi connectivity index (χ4v) is 1.26. The van der Waals surface area contributed by atoms with Gasteiger partial charge in [-0.1, -0.05) is 0 Å². The maximum Gasteiger partial charge on any atom is 0.261 e. The van der Waals surface area contributed by atoms with Crippen molar-refractivity contribution in [2.75, 3.05) is 11.1 Å². The second-order valence-electron chi connectivity index (χ2n) is 3.34. The van der Waals surface area contributed by atoms with Crippen molar-refractivity contribution in [1.29, 1.82) is 0 Å². The van der Waals surface area contributed by atoms with E-state index in [1.165, 1.54) is 6.20 Å². The lowest BCUT2D eigenvalue weighted by molar-refractivity contribution is 0.102. The third-order valence-electron chi connectivity index (χ3n) is 2.20. The molecule has 16 heavy (non-hydrogen) atoms. The molecule has 0 saturated heterocycles. The second kappa shape index (κ2) is 4.01. The predicted octanol–water partition coefficient (Wildman–Crippen LogP) is 0.948. The number of aryl methyl sites for hydroxylation is 1. The van der Waals surface area contributed by atoms with Crippen molar-refractivity contribution in [3.63, 3.8) is 0 Å². The van der Waals surface area contributed by atoms with E-state index in [-0.39, 0.29) is 11.7 Å². The molecule has 4 N–H and O–H groups in total. The largest absolute Gasteiger partial charge is 0.383 e. The number of rotatable bonds is 2. The Morgan fingerprint density at radius 2 is 2.31 bits per heavy atom. The van der Waals surface area contributed by atoms with Gasteiger partial charge < -0.3 is 11.1 Å². The minimum Gasteiger partial charge on any atom is -0.383 e. The summed E-state index contributed by atoms with van der Waals surface area (Å²) < 4.78 is 0. The lowest BCUT2D eigenvalue weighted by Gasteiger charge is -2.06. The fraction of sp³-hybridized carbons (Fsp3) is 0.100. The maximum absolute atomic E-state index is 11.8. The lowest BCUT2D eigenvalue weighted by atomic mass is 10.2. The van der Waals surface area contributed by atoms with Gasteiger partial charge in [-0.05, 0) is 18.6 Å². The van der Waals surface area contributed by atoms with Crippen LogP contribution in [0.2, 0.25) is 0 Å². The monoisotopic (exact) mass is 217 g/mol. The van der Waals surface area contributed by atoms with Gasteiger partial charge in [0.1, 0.15) is 11.4 Å². The van der Waals surface area contributed by atoms with E-state index in [9.17, 15) is 4.79 Å². The Hall–Kier alpha value is -2.37. The molecule has 2 aromatic rings. The number of hydrogen-bond acceptors (Lipinski definition) is 4. The van der Waals surface area contributed by atoms with Gasteiger partial charge in [-0.3, -0.25) is 14.9 Å². The maximum atomic E-state index is 11.8. The number of carbonyl (C=O) groups is 1. The molecule has 0 fully saturated rings. The molecule has 1 amide bonds. The number of aromatic nitrogens is 3. The van der Waals surface area contributed by atoms with Crippen LogP contribution in [0.4, 0.5) is 11.5 Å². The average molecular weight is 217 g/mol. The average Bonchev–Trinajstić information content (AvgIpc) is 2.68. The number of H-pyrrole nitrogens is 1. The van der Waals surface area contributed by atoms with E-state index in [1.54, 1.807) is 12.4 Å². The molecule has 82 valence electrons. The molecule has 2 heterocycles. The lowest BCUT2D eigenvalue weighted by Crippen LogP contribution is -2.13. The Morgan fingerprint density at radius 3 is 2.94 bits per heavy atom. The van der Waals surface area contributed by atoms with E-state index in [0.29, 0.717) is 11.3 Å². The van der Waals surface area contributed by atoms with Gasteiger partial charge in [0.25, 0.3) is 5.91 Å². The van der Waals surface area contributed by atoms with Crippen molar-refractivity contribution in [3.05, 3.63) is 35.8 Å². The van der Waals surface area contributed by atoms with Crippen LogP contribution >= 0.6 is 0 Å². The number of nitrogens with two attached hydrogens (primary N) is 1. The van der Waals surface area contributed by atoms with Gasteiger partial charge in [0.2, 0.25) is 0 Å². The number of nitrogens with one attached hydrogen (secondary N) is 2. The highest BCUT2D eigenvalue weighted by atomic mass is 16.1.